The Morgan fingerprint density at radius 2 is 1.17 bits per heavy atom. The highest BCUT2D eigenvalue weighted by molar-refractivity contribution is 7.53. The van der Waals surface area contributed by atoms with E-state index in [9.17, 15) is 9.13 Å². The van der Waals surface area contributed by atoms with E-state index < -0.39 is 15.4 Å². The summed E-state index contributed by atoms with van der Waals surface area (Å²) in [5.41, 5.74) is 3.77. The first-order valence-electron chi connectivity index (χ1n) is 16.3. The molecule has 2 heterocycles. The van der Waals surface area contributed by atoms with Crippen molar-refractivity contribution in [2.45, 2.75) is 19.8 Å². The summed E-state index contributed by atoms with van der Waals surface area (Å²) in [6.45, 7) is 1.48. The van der Waals surface area contributed by atoms with E-state index in [4.69, 9.17) is 41.8 Å². The van der Waals surface area contributed by atoms with Gasteiger partial charge in [0.15, 0.2) is 11.5 Å². The number of phosphoric acid groups is 1. The van der Waals surface area contributed by atoms with E-state index >= 15 is 0 Å². The molecule has 0 radical (unpaired) electrons. The lowest BCUT2D eigenvalue weighted by atomic mass is 10.1. The summed E-state index contributed by atoms with van der Waals surface area (Å²) in [5.74, 6) is 1.76. The summed E-state index contributed by atoms with van der Waals surface area (Å²) in [6.07, 6.45) is 0. The highest BCUT2D eigenvalue weighted by Crippen LogP contribution is 2.54. The molecular weight excluding hydrogens is 704 g/mol. The molecule has 266 valence electrons. The molecule has 0 bridgehead atoms. The Morgan fingerprint density at radius 3 is 1.75 bits per heavy atom. The van der Waals surface area contributed by atoms with Crippen LogP contribution in [0, 0.1) is 0 Å². The van der Waals surface area contributed by atoms with E-state index in [-0.39, 0.29) is 38.1 Å². The molecule has 1 aliphatic rings. The van der Waals surface area contributed by atoms with E-state index in [1.807, 2.05) is 91.0 Å². The molecule has 7 rings (SSSR count). The molecule has 0 N–H and O–H groups in total. The summed E-state index contributed by atoms with van der Waals surface area (Å²) in [4.78, 5) is 4.89. The number of rotatable bonds is 15. The van der Waals surface area contributed by atoms with Gasteiger partial charge in [-0.25, -0.2) is 14.1 Å². The Balaban J connectivity index is 1.25. The smallest absolute Gasteiger partial charge is 0.497 e. The van der Waals surface area contributed by atoms with Crippen LogP contribution in [-0.4, -0.2) is 25.6 Å². The molecular formula is C39H35NO10P2. The summed E-state index contributed by atoms with van der Waals surface area (Å²) in [7, 11) is -6.36. The second kappa shape index (κ2) is 15.6. The van der Waals surface area contributed by atoms with Gasteiger partial charge >= 0.3 is 15.4 Å². The zero-order chi connectivity index (χ0) is 36.0. The van der Waals surface area contributed by atoms with Crippen LogP contribution in [0.5, 0.6) is 28.7 Å². The molecule has 1 aliphatic heterocycles. The molecule has 1 atom stereocenters. The fourth-order valence-electron chi connectivity index (χ4n) is 5.35. The van der Waals surface area contributed by atoms with Crippen molar-refractivity contribution >= 4 is 26.3 Å². The minimum absolute atomic E-state index is 0.0326. The summed E-state index contributed by atoms with van der Waals surface area (Å²) in [6, 6.07) is 38.0. The molecule has 1 unspecified atom stereocenters. The Kier molecular flexibility index (Phi) is 10.6. The number of pyridine rings is 1. The maximum absolute atomic E-state index is 14.5. The minimum Gasteiger partial charge on any atom is -0.497 e. The number of fused-ring (bicyclic) bond motifs is 2. The molecule has 0 saturated heterocycles. The Bertz CT molecular complexity index is 2210. The maximum Gasteiger partial charge on any atom is 0.530 e. The van der Waals surface area contributed by atoms with Gasteiger partial charge in [-0.15, -0.1) is 0 Å². The van der Waals surface area contributed by atoms with Crippen LogP contribution in [0.4, 0.5) is 0 Å². The van der Waals surface area contributed by atoms with Crippen LogP contribution in [-0.2, 0) is 42.5 Å². The van der Waals surface area contributed by atoms with Crippen molar-refractivity contribution in [1.82, 2.24) is 4.98 Å². The van der Waals surface area contributed by atoms with Crippen LogP contribution in [0.3, 0.4) is 0 Å². The largest absolute Gasteiger partial charge is 0.530 e. The average molecular weight is 740 g/mol. The standard InChI is InChI=1S/C39H35NO10P2/c1-43-32-18-31(19-33(20-32)49-51(2,41)46-24-28-12-6-3-7-13-28)35-22-37(34-21-38-39(45-27-44-38)23-36(34)40-35)50-52(42,47-25-29-14-8-4-9-15-29)48-26-30-16-10-5-11-17-30/h3-23H,24-27H2,1-2H3. The van der Waals surface area contributed by atoms with E-state index in [1.54, 1.807) is 36.4 Å². The van der Waals surface area contributed by atoms with E-state index in [2.05, 4.69) is 0 Å². The topological polar surface area (TPSA) is 121 Å². The van der Waals surface area contributed by atoms with Crippen molar-refractivity contribution in [3.05, 3.63) is 144 Å². The zero-order valence-corrected chi connectivity index (χ0v) is 30.2. The Hall–Kier alpha value is -5.15. The minimum atomic E-state index is -4.30. The molecule has 11 nitrogen and oxygen atoms in total. The van der Waals surface area contributed by atoms with Gasteiger partial charge in [0.25, 0.3) is 0 Å². The van der Waals surface area contributed by atoms with Crippen LogP contribution < -0.4 is 23.3 Å². The van der Waals surface area contributed by atoms with Crippen LogP contribution in [0.15, 0.2) is 127 Å². The molecule has 52 heavy (non-hydrogen) atoms. The van der Waals surface area contributed by atoms with Crippen LogP contribution in [0.25, 0.3) is 22.2 Å². The molecule has 6 aromatic rings. The van der Waals surface area contributed by atoms with Crippen LogP contribution >= 0.6 is 15.4 Å². The first-order chi connectivity index (χ1) is 25.2. The molecule has 0 spiro atoms. The third-order valence-corrected chi connectivity index (χ3v) is 10.4. The first kappa shape index (κ1) is 35.3. The SMILES string of the molecule is COc1cc(OP(C)(=O)OCc2ccccc2)cc(-c2cc(OP(=O)(OCc3ccccc3)OCc3ccccc3)c3cc4c(cc3n2)OCO4)c1. The summed E-state index contributed by atoms with van der Waals surface area (Å²) >= 11 is 0. The number of nitrogens with zero attached hydrogens (tertiary/aromatic N) is 1. The summed E-state index contributed by atoms with van der Waals surface area (Å²) in [5, 5.41) is 0.478. The highest BCUT2D eigenvalue weighted by atomic mass is 31.2. The highest BCUT2D eigenvalue weighted by Gasteiger charge is 2.31. The number of phosphoric ester groups is 1. The second-order valence-corrected chi connectivity index (χ2v) is 15.4. The van der Waals surface area contributed by atoms with Crippen molar-refractivity contribution in [2.24, 2.45) is 0 Å². The van der Waals surface area contributed by atoms with Gasteiger partial charge in [-0.05, 0) is 34.9 Å². The van der Waals surface area contributed by atoms with Crippen molar-refractivity contribution in [3.8, 4) is 40.0 Å². The predicted octanol–water partition coefficient (Wildman–Crippen LogP) is 9.98. The van der Waals surface area contributed by atoms with Crippen molar-refractivity contribution in [3.63, 3.8) is 0 Å². The Labute approximate surface area is 301 Å². The molecule has 0 saturated carbocycles. The third-order valence-electron chi connectivity index (χ3n) is 7.93. The van der Waals surface area contributed by atoms with Gasteiger partial charge in [-0.1, -0.05) is 91.0 Å². The first-order valence-corrected chi connectivity index (χ1v) is 19.8. The van der Waals surface area contributed by atoms with Crippen LogP contribution in [0.2, 0.25) is 0 Å². The second-order valence-electron chi connectivity index (χ2n) is 11.8. The molecule has 0 amide bonds. The molecule has 5 aromatic carbocycles. The lowest BCUT2D eigenvalue weighted by molar-refractivity contribution is 0.143. The van der Waals surface area contributed by atoms with Crippen molar-refractivity contribution < 1.29 is 46.0 Å². The van der Waals surface area contributed by atoms with Gasteiger partial charge in [0, 0.05) is 35.8 Å². The fourth-order valence-corrected chi connectivity index (χ4v) is 7.46. The van der Waals surface area contributed by atoms with Gasteiger partial charge in [-0.3, -0.25) is 13.6 Å². The van der Waals surface area contributed by atoms with Gasteiger partial charge in [-0.2, -0.15) is 0 Å². The normalized spacial score (nSPS) is 13.4. The third kappa shape index (κ3) is 8.83. The van der Waals surface area contributed by atoms with Gasteiger partial charge < -0.3 is 23.3 Å². The number of methoxy groups -OCH3 is 1. The molecule has 0 aliphatic carbocycles. The predicted molar refractivity (Wildman–Crippen MR) is 196 cm³/mol. The monoisotopic (exact) mass is 739 g/mol. The molecule has 13 heteroatoms. The number of aromatic nitrogens is 1. The number of benzene rings is 5. The van der Waals surface area contributed by atoms with Gasteiger partial charge in [0.05, 0.1) is 38.1 Å². The number of ether oxygens (including phenoxy) is 3. The van der Waals surface area contributed by atoms with Gasteiger partial charge in [0.1, 0.15) is 17.2 Å². The quantitative estimate of drug-likeness (QED) is 0.0936. The lowest BCUT2D eigenvalue weighted by Gasteiger charge is -2.21. The number of hydrogen-bond acceptors (Lipinski definition) is 11. The Morgan fingerprint density at radius 1 is 0.635 bits per heavy atom. The number of hydrogen-bond donors (Lipinski definition) is 0. The average Bonchev–Trinajstić information content (AvgIpc) is 3.63. The zero-order valence-electron chi connectivity index (χ0n) is 28.4. The van der Waals surface area contributed by atoms with Crippen LogP contribution in [0.1, 0.15) is 16.7 Å². The summed E-state index contributed by atoms with van der Waals surface area (Å²) < 4.78 is 74.6. The fraction of sp³-hybridized carbons (Fsp3) is 0.154. The molecule has 0 fully saturated rings. The maximum atomic E-state index is 14.5. The van der Waals surface area contributed by atoms with Crippen molar-refractivity contribution in [2.75, 3.05) is 20.6 Å². The van der Waals surface area contributed by atoms with E-state index in [0.29, 0.717) is 39.4 Å². The van der Waals surface area contributed by atoms with Gasteiger partial charge in [0.2, 0.25) is 6.79 Å². The van der Waals surface area contributed by atoms with E-state index in [1.165, 1.54) is 13.8 Å². The van der Waals surface area contributed by atoms with Crippen molar-refractivity contribution in [1.29, 1.82) is 0 Å². The lowest BCUT2D eigenvalue weighted by Crippen LogP contribution is -2.04. The van der Waals surface area contributed by atoms with E-state index in [0.717, 1.165) is 16.7 Å². The molecule has 1 aromatic heterocycles.